The van der Waals surface area contributed by atoms with Crippen LogP contribution in [0.4, 0.5) is 0 Å². The van der Waals surface area contributed by atoms with Crippen LogP contribution in [-0.2, 0) is 0 Å². The smallest absolute Gasteiger partial charge is 0.180 e. The first-order valence-electron chi connectivity index (χ1n) is 3.84. The zero-order valence-corrected chi connectivity index (χ0v) is 8.55. The average Bonchev–Trinajstić information content (AvgIpc) is 2.67. The maximum Gasteiger partial charge on any atom is 0.180 e. The highest BCUT2D eigenvalue weighted by atomic mass is 35.5. The lowest BCUT2D eigenvalue weighted by atomic mass is 10.2. The Labute approximate surface area is 89.5 Å². The summed E-state index contributed by atoms with van der Waals surface area (Å²) in [6.45, 7) is 0. The number of carbonyl (C=O) groups excluding carboxylic acids is 1. The predicted molar refractivity (Wildman–Crippen MR) is 55.7 cm³/mol. The highest BCUT2D eigenvalue weighted by Crippen LogP contribution is 2.19. The van der Waals surface area contributed by atoms with Crippen molar-refractivity contribution in [3.63, 3.8) is 0 Å². The van der Waals surface area contributed by atoms with Gasteiger partial charge in [0.1, 0.15) is 0 Å². The van der Waals surface area contributed by atoms with Crippen molar-refractivity contribution in [3.8, 4) is 11.4 Å². The minimum Gasteiger partial charge on any atom is -0.295 e. The van der Waals surface area contributed by atoms with Crippen LogP contribution in [0, 0.1) is 0 Å². The van der Waals surface area contributed by atoms with Gasteiger partial charge in [-0.05, 0) is 35.8 Å². The number of benzene rings is 1. The highest BCUT2D eigenvalue weighted by molar-refractivity contribution is 7.07. The fourth-order valence-corrected chi connectivity index (χ4v) is 1.62. The summed E-state index contributed by atoms with van der Waals surface area (Å²) in [5.74, 6) is 0.564. The van der Waals surface area contributed by atoms with Crippen LogP contribution in [0.5, 0.6) is 0 Å². The van der Waals surface area contributed by atoms with Crippen LogP contribution >= 0.6 is 23.1 Å². The molecule has 70 valence electrons. The Balaban J connectivity index is 2.39. The molecule has 1 aromatic heterocycles. The van der Waals surface area contributed by atoms with Gasteiger partial charge in [-0.1, -0.05) is 11.6 Å². The van der Waals surface area contributed by atoms with Crippen molar-refractivity contribution >= 4 is 29.4 Å². The Hall–Kier alpha value is -1.26. The van der Waals surface area contributed by atoms with E-state index in [4.69, 9.17) is 11.6 Å². The first kappa shape index (κ1) is 9.30. The molecule has 0 unspecified atom stereocenters. The number of halogens is 1. The summed E-state index contributed by atoms with van der Waals surface area (Å²) in [6.07, 6.45) is 0.692. The minimum absolute atomic E-state index is 0.384. The summed E-state index contributed by atoms with van der Waals surface area (Å²) < 4.78 is 4.04. The third kappa shape index (κ3) is 1.81. The molecule has 0 aliphatic rings. The molecular weight excluding hydrogens is 220 g/mol. The van der Waals surface area contributed by atoms with Crippen LogP contribution in [0.1, 0.15) is 9.80 Å². The summed E-state index contributed by atoms with van der Waals surface area (Å²) in [5.41, 5.74) is 0.860. The maximum atomic E-state index is 10.4. The maximum absolute atomic E-state index is 10.4. The van der Waals surface area contributed by atoms with E-state index < -0.39 is 0 Å². The molecule has 2 aromatic rings. The van der Waals surface area contributed by atoms with Crippen molar-refractivity contribution in [2.24, 2.45) is 0 Å². The van der Waals surface area contributed by atoms with Gasteiger partial charge in [0.2, 0.25) is 0 Å². The Bertz CT molecular complexity index is 452. The van der Waals surface area contributed by atoms with Gasteiger partial charge < -0.3 is 0 Å². The molecule has 0 amide bonds. The highest BCUT2D eigenvalue weighted by Gasteiger charge is 2.04. The normalized spacial score (nSPS) is 10.1. The van der Waals surface area contributed by atoms with E-state index in [0.29, 0.717) is 22.1 Å². The summed E-state index contributed by atoms with van der Waals surface area (Å²) in [5, 5.41) is 1.05. The first-order chi connectivity index (χ1) is 6.79. The molecule has 0 aliphatic carbocycles. The molecule has 0 fully saturated rings. The molecule has 0 radical (unpaired) electrons. The number of hydrogen-bond donors (Lipinski definition) is 0. The molecule has 0 aliphatic heterocycles. The van der Waals surface area contributed by atoms with E-state index in [0.717, 1.165) is 17.1 Å². The minimum atomic E-state index is 0.384. The predicted octanol–water partition coefficient (Wildman–Crippen LogP) is 2.67. The van der Waals surface area contributed by atoms with Gasteiger partial charge in [0.25, 0.3) is 0 Å². The average molecular weight is 225 g/mol. The van der Waals surface area contributed by atoms with E-state index in [1.54, 1.807) is 12.1 Å². The van der Waals surface area contributed by atoms with Crippen molar-refractivity contribution in [1.82, 2.24) is 9.36 Å². The van der Waals surface area contributed by atoms with Crippen LogP contribution < -0.4 is 0 Å². The van der Waals surface area contributed by atoms with E-state index in [2.05, 4.69) is 9.36 Å². The molecule has 0 bridgehead atoms. The first-order valence-corrected chi connectivity index (χ1v) is 4.99. The summed E-state index contributed by atoms with van der Waals surface area (Å²) in [4.78, 5) is 14.4. The van der Waals surface area contributed by atoms with Gasteiger partial charge >= 0.3 is 0 Å². The van der Waals surface area contributed by atoms with Gasteiger partial charge in [0.05, 0.1) is 0 Å². The van der Waals surface area contributed by atoms with E-state index >= 15 is 0 Å². The molecule has 3 nitrogen and oxygen atoms in total. The second-order valence-electron chi connectivity index (χ2n) is 2.58. The van der Waals surface area contributed by atoms with Crippen LogP contribution in [0.25, 0.3) is 11.4 Å². The van der Waals surface area contributed by atoms with Crippen LogP contribution in [-0.4, -0.2) is 15.6 Å². The molecule has 0 atom stereocenters. The molecular formula is C9H5ClN2OS. The van der Waals surface area contributed by atoms with Crippen molar-refractivity contribution in [3.05, 3.63) is 34.3 Å². The van der Waals surface area contributed by atoms with Gasteiger partial charge in [-0.15, -0.1) is 0 Å². The Morgan fingerprint density at radius 2 is 2.00 bits per heavy atom. The molecule has 0 spiro atoms. The van der Waals surface area contributed by atoms with E-state index in [1.807, 2.05) is 12.1 Å². The fourth-order valence-electron chi connectivity index (χ4n) is 0.999. The zero-order valence-electron chi connectivity index (χ0n) is 6.98. The number of rotatable bonds is 2. The van der Waals surface area contributed by atoms with Crippen LogP contribution in [0.3, 0.4) is 0 Å². The van der Waals surface area contributed by atoms with E-state index in [1.165, 1.54) is 0 Å². The van der Waals surface area contributed by atoms with Crippen molar-refractivity contribution in [2.75, 3.05) is 0 Å². The molecule has 1 aromatic carbocycles. The molecule has 2 rings (SSSR count). The van der Waals surface area contributed by atoms with Gasteiger partial charge in [-0.3, -0.25) is 4.79 Å². The summed E-state index contributed by atoms with van der Waals surface area (Å²) in [7, 11) is 0. The third-order valence-electron chi connectivity index (χ3n) is 1.64. The molecule has 1 heterocycles. The monoisotopic (exact) mass is 224 g/mol. The Kier molecular flexibility index (Phi) is 2.56. The Morgan fingerprint density at radius 1 is 1.29 bits per heavy atom. The summed E-state index contributed by atoms with van der Waals surface area (Å²) in [6, 6.07) is 7.16. The van der Waals surface area contributed by atoms with Gasteiger partial charge in [-0.2, -0.15) is 4.37 Å². The van der Waals surface area contributed by atoms with Crippen molar-refractivity contribution in [1.29, 1.82) is 0 Å². The molecule has 5 heteroatoms. The fraction of sp³-hybridized carbons (Fsp3) is 0. The number of carbonyl (C=O) groups is 1. The van der Waals surface area contributed by atoms with Crippen LogP contribution in [0.2, 0.25) is 5.02 Å². The number of aromatic nitrogens is 2. The van der Waals surface area contributed by atoms with Gasteiger partial charge in [-0.25, -0.2) is 4.98 Å². The lowest BCUT2D eigenvalue weighted by molar-refractivity contribution is 0.112. The molecule has 0 saturated heterocycles. The lowest BCUT2D eigenvalue weighted by Gasteiger charge is -1.93. The topological polar surface area (TPSA) is 42.9 Å². The largest absolute Gasteiger partial charge is 0.295 e. The molecule has 14 heavy (non-hydrogen) atoms. The zero-order chi connectivity index (χ0) is 9.97. The lowest BCUT2D eigenvalue weighted by Crippen LogP contribution is -1.81. The number of aldehydes is 1. The third-order valence-corrected chi connectivity index (χ3v) is 2.54. The standard InChI is InChI=1S/C9H5ClN2OS/c10-7-3-1-6(2-4-7)9-11-8(5-13)14-12-9/h1-5H. The Morgan fingerprint density at radius 3 is 2.57 bits per heavy atom. The summed E-state index contributed by atoms with van der Waals surface area (Å²) >= 11 is 6.82. The van der Waals surface area contributed by atoms with Crippen molar-refractivity contribution in [2.45, 2.75) is 0 Å². The number of nitrogens with zero attached hydrogens (tertiary/aromatic N) is 2. The quantitative estimate of drug-likeness (QED) is 0.737. The molecule has 0 N–H and O–H groups in total. The van der Waals surface area contributed by atoms with E-state index in [9.17, 15) is 4.79 Å². The van der Waals surface area contributed by atoms with Gasteiger partial charge in [0, 0.05) is 10.6 Å². The van der Waals surface area contributed by atoms with E-state index in [-0.39, 0.29) is 0 Å². The second kappa shape index (κ2) is 3.86. The van der Waals surface area contributed by atoms with Crippen molar-refractivity contribution < 1.29 is 4.79 Å². The van der Waals surface area contributed by atoms with Crippen LogP contribution in [0.15, 0.2) is 24.3 Å². The SMILES string of the molecule is O=Cc1nc(-c2ccc(Cl)cc2)ns1. The number of hydrogen-bond acceptors (Lipinski definition) is 4. The van der Waals surface area contributed by atoms with Gasteiger partial charge in [0.15, 0.2) is 17.1 Å². The molecule has 0 saturated carbocycles. The second-order valence-corrected chi connectivity index (χ2v) is 3.80.